The fourth-order valence-electron chi connectivity index (χ4n) is 7.10. The second-order valence-corrected chi connectivity index (χ2v) is 8.69. The van der Waals surface area contributed by atoms with Gasteiger partial charge in [-0.2, -0.15) is 0 Å². The molecule has 132 valence electrons. The van der Waals surface area contributed by atoms with Gasteiger partial charge in [-0.05, 0) is 79.9 Å². The van der Waals surface area contributed by atoms with Gasteiger partial charge in [0.05, 0.1) is 0 Å². The van der Waals surface area contributed by atoms with Gasteiger partial charge >= 0.3 is 5.97 Å². The van der Waals surface area contributed by atoms with Gasteiger partial charge in [0.2, 0.25) is 0 Å². The first-order valence-corrected chi connectivity index (χ1v) is 9.93. The maximum atomic E-state index is 11.9. The fraction of sp³-hybridized carbons (Fsp3) is 0.636. The summed E-state index contributed by atoms with van der Waals surface area (Å²) in [4.78, 5) is 23.7. The summed E-state index contributed by atoms with van der Waals surface area (Å²) >= 11 is 0. The molecule has 0 aromatic rings. The van der Waals surface area contributed by atoms with Crippen LogP contribution in [-0.4, -0.2) is 17.4 Å². The third kappa shape index (κ3) is 1.93. The lowest BCUT2D eigenvalue weighted by molar-refractivity contribution is -0.162. The largest absolute Gasteiger partial charge is 0.451 e. The molecule has 2 saturated carbocycles. The molecule has 1 aliphatic heterocycles. The monoisotopic (exact) mass is 338 g/mol. The van der Waals surface area contributed by atoms with Crippen molar-refractivity contribution in [1.82, 2.24) is 0 Å². The second-order valence-electron chi connectivity index (χ2n) is 8.69. The highest BCUT2D eigenvalue weighted by Crippen LogP contribution is 2.67. The molecule has 0 aromatic heterocycles. The summed E-state index contributed by atoms with van der Waals surface area (Å²) in [7, 11) is 0. The Morgan fingerprint density at radius 1 is 1.16 bits per heavy atom. The van der Waals surface area contributed by atoms with Crippen LogP contribution in [0.4, 0.5) is 0 Å². The van der Waals surface area contributed by atoms with Gasteiger partial charge in [0.25, 0.3) is 0 Å². The smallest absolute Gasteiger partial charge is 0.331 e. The van der Waals surface area contributed by atoms with Crippen LogP contribution in [0.15, 0.2) is 36.0 Å². The predicted molar refractivity (Wildman–Crippen MR) is 94.6 cm³/mol. The Balaban J connectivity index is 1.54. The number of rotatable bonds is 1. The fourth-order valence-corrected chi connectivity index (χ4v) is 7.10. The molecule has 25 heavy (non-hydrogen) atoms. The van der Waals surface area contributed by atoms with Gasteiger partial charge in [0.1, 0.15) is 5.60 Å². The molecule has 0 N–H and O–H groups in total. The summed E-state index contributed by atoms with van der Waals surface area (Å²) in [6, 6.07) is 0. The van der Waals surface area contributed by atoms with Crippen LogP contribution in [0.5, 0.6) is 0 Å². The van der Waals surface area contributed by atoms with E-state index in [0.717, 1.165) is 32.1 Å². The Bertz CT molecular complexity index is 730. The van der Waals surface area contributed by atoms with Crippen LogP contribution in [0.25, 0.3) is 0 Å². The Morgan fingerprint density at radius 3 is 2.80 bits per heavy atom. The van der Waals surface area contributed by atoms with E-state index < -0.39 is 0 Å². The maximum absolute atomic E-state index is 11.9. The number of ketones is 1. The number of fused-ring (bicyclic) bond motifs is 6. The molecule has 1 spiro atoms. The number of esters is 1. The summed E-state index contributed by atoms with van der Waals surface area (Å²) in [5.41, 5.74) is 0.995. The molecule has 0 amide bonds. The van der Waals surface area contributed by atoms with Crippen molar-refractivity contribution in [3.8, 4) is 0 Å². The lowest BCUT2D eigenvalue weighted by Crippen LogP contribution is -2.53. The number of allylic oxidation sites excluding steroid dienone is 4. The molecule has 0 bridgehead atoms. The molecule has 3 nitrogen and oxygen atoms in total. The Kier molecular flexibility index (Phi) is 3.24. The van der Waals surface area contributed by atoms with Crippen molar-refractivity contribution in [2.75, 3.05) is 0 Å². The number of hydrogen-bond donors (Lipinski definition) is 0. The molecule has 6 atom stereocenters. The summed E-state index contributed by atoms with van der Waals surface area (Å²) in [6.45, 7) is 2.28. The van der Waals surface area contributed by atoms with Gasteiger partial charge in [-0.3, -0.25) is 4.79 Å². The molecule has 2 fully saturated rings. The first-order chi connectivity index (χ1) is 12.1. The highest BCUT2D eigenvalue weighted by molar-refractivity contribution is 5.92. The van der Waals surface area contributed by atoms with Crippen molar-refractivity contribution in [3.05, 3.63) is 36.0 Å². The van der Waals surface area contributed by atoms with Crippen LogP contribution in [0.3, 0.4) is 0 Å². The minimum Gasteiger partial charge on any atom is -0.451 e. The van der Waals surface area contributed by atoms with E-state index in [4.69, 9.17) is 4.74 Å². The topological polar surface area (TPSA) is 43.4 Å². The van der Waals surface area contributed by atoms with Gasteiger partial charge < -0.3 is 4.74 Å². The zero-order valence-corrected chi connectivity index (χ0v) is 14.9. The van der Waals surface area contributed by atoms with Crippen molar-refractivity contribution in [1.29, 1.82) is 0 Å². The predicted octanol–water partition coefficient (Wildman–Crippen LogP) is 4.15. The Morgan fingerprint density at radius 2 is 2.04 bits per heavy atom. The van der Waals surface area contributed by atoms with Crippen LogP contribution in [0, 0.1) is 29.1 Å². The third-order valence-corrected chi connectivity index (χ3v) is 8.15. The molecule has 4 aliphatic carbocycles. The van der Waals surface area contributed by atoms with E-state index >= 15 is 0 Å². The average molecular weight is 338 g/mol. The third-order valence-electron chi connectivity index (χ3n) is 8.15. The van der Waals surface area contributed by atoms with Gasteiger partial charge in [-0.1, -0.05) is 19.1 Å². The van der Waals surface area contributed by atoms with Crippen molar-refractivity contribution >= 4 is 11.8 Å². The SMILES string of the molecule is CC[C@]12CCC3C4CCC(=O)C=C4C=CC3C1CCC21C=CC(=O)O1. The summed E-state index contributed by atoms with van der Waals surface area (Å²) in [5, 5.41) is 0. The maximum Gasteiger partial charge on any atom is 0.331 e. The zero-order valence-electron chi connectivity index (χ0n) is 14.9. The normalized spacial score (nSPS) is 47.3. The van der Waals surface area contributed by atoms with E-state index in [1.165, 1.54) is 12.0 Å². The zero-order chi connectivity index (χ0) is 17.2. The molecular formula is C22H26O3. The lowest BCUT2D eigenvalue weighted by Gasteiger charge is -2.55. The van der Waals surface area contributed by atoms with Crippen LogP contribution < -0.4 is 0 Å². The summed E-state index contributed by atoms with van der Waals surface area (Å²) in [5.74, 6) is 2.49. The standard InChI is InChI=1S/C22H26O3/c1-2-21-10-7-17-16-6-4-15(23)13-14(16)3-5-18(17)19(21)8-11-22(21)12-9-20(24)25-22/h3,5,9,12-13,16-19H,2,4,6-8,10-11H2,1H3/t16?,17?,18?,19?,21-,22?/m0/s1. The van der Waals surface area contributed by atoms with Crippen LogP contribution in [-0.2, 0) is 14.3 Å². The first kappa shape index (κ1) is 15.6. The quantitative estimate of drug-likeness (QED) is 0.675. The van der Waals surface area contributed by atoms with Gasteiger partial charge in [-0.15, -0.1) is 0 Å². The van der Waals surface area contributed by atoms with E-state index in [0.29, 0.717) is 30.1 Å². The average Bonchev–Trinajstić information content (AvgIpc) is 3.16. The minimum absolute atomic E-state index is 0.0901. The molecule has 0 aromatic carbocycles. The summed E-state index contributed by atoms with van der Waals surface area (Å²) < 4.78 is 5.94. The van der Waals surface area contributed by atoms with Crippen LogP contribution in [0.1, 0.15) is 51.9 Å². The van der Waals surface area contributed by atoms with E-state index in [-0.39, 0.29) is 22.8 Å². The molecule has 5 unspecified atom stereocenters. The first-order valence-electron chi connectivity index (χ1n) is 9.93. The number of carbonyl (C=O) groups excluding carboxylic acids is 2. The van der Waals surface area contributed by atoms with Crippen LogP contribution in [0.2, 0.25) is 0 Å². The molecule has 1 heterocycles. The number of ether oxygens (including phenoxy) is 1. The van der Waals surface area contributed by atoms with Crippen molar-refractivity contribution < 1.29 is 14.3 Å². The lowest BCUT2D eigenvalue weighted by atomic mass is 9.51. The van der Waals surface area contributed by atoms with E-state index in [1.807, 2.05) is 6.08 Å². The van der Waals surface area contributed by atoms with Gasteiger partial charge in [0, 0.05) is 17.9 Å². The van der Waals surface area contributed by atoms with Crippen molar-refractivity contribution in [2.45, 2.75) is 57.5 Å². The number of carbonyl (C=O) groups is 2. The second kappa shape index (κ2) is 5.18. The highest BCUT2D eigenvalue weighted by Gasteiger charge is 2.65. The summed E-state index contributed by atoms with van der Waals surface area (Å²) in [6.07, 6.45) is 17.5. The molecule has 3 heteroatoms. The molecule has 0 radical (unpaired) electrons. The molecule has 5 aliphatic rings. The van der Waals surface area contributed by atoms with Gasteiger partial charge in [0.15, 0.2) is 5.78 Å². The Hall–Kier alpha value is -1.64. The van der Waals surface area contributed by atoms with Crippen LogP contribution >= 0.6 is 0 Å². The van der Waals surface area contributed by atoms with Gasteiger partial charge in [-0.25, -0.2) is 4.79 Å². The highest BCUT2D eigenvalue weighted by atomic mass is 16.6. The minimum atomic E-state index is -0.360. The molecule has 5 rings (SSSR count). The van der Waals surface area contributed by atoms with E-state index in [1.54, 1.807) is 6.08 Å². The Labute approximate surface area is 149 Å². The van der Waals surface area contributed by atoms with Crippen molar-refractivity contribution in [2.24, 2.45) is 29.1 Å². The molecule has 0 saturated heterocycles. The van der Waals surface area contributed by atoms with Crippen molar-refractivity contribution in [3.63, 3.8) is 0 Å². The molecular weight excluding hydrogens is 312 g/mol. The van der Waals surface area contributed by atoms with E-state index in [2.05, 4.69) is 25.2 Å². The number of hydrogen-bond acceptors (Lipinski definition) is 3. The van der Waals surface area contributed by atoms with E-state index in [9.17, 15) is 9.59 Å².